The van der Waals surface area contributed by atoms with Crippen LogP contribution in [0.5, 0.6) is 5.75 Å². The molecular weight excluding hydrogens is 292 g/mol. The first kappa shape index (κ1) is 19.7. The molecule has 0 aromatic heterocycles. The fourth-order valence-corrected chi connectivity index (χ4v) is 1.73. The molecule has 0 aliphatic carbocycles. The van der Waals surface area contributed by atoms with Crippen molar-refractivity contribution in [2.75, 3.05) is 40.5 Å². The van der Waals surface area contributed by atoms with Gasteiger partial charge in [-0.1, -0.05) is 12.1 Å². The topological polar surface area (TPSA) is 59.6 Å². The summed E-state index contributed by atoms with van der Waals surface area (Å²) < 4.78 is 10.0. The van der Waals surface area contributed by atoms with Gasteiger partial charge in [0.2, 0.25) is 5.91 Å². The summed E-state index contributed by atoms with van der Waals surface area (Å²) in [7, 11) is 3.31. The van der Waals surface area contributed by atoms with Crippen molar-refractivity contribution in [2.45, 2.75) is 12.8 Å². The second-order valence-electron chi connectivity index (χ2n) is 4.44. The van der Waals surface area contributed by atoms with E-state index < -0.39 is 0 Å². The molecule has 0 atom stereocenters. The number of carbonyl (C=O) groups excluding carboxylic acids is 1. The Morgan fingerprint density at radius 1 is 1.10 bits per heavy atom. The Hall–Kier alpha value is -1.30. The highest BCUT2D eigenvalue weighted by molar-refractivity contribution is 5.85. The predicted octanol–water partition coefficient (Wildman–Crippen LogP) is 1.40. The summed E-state index contributed by atoms with van der Waals surface area (Å²) >= 11 is 0. The zero-order chi connectivity index (χ0) is 14.6. The second-order valence-corrected chi connectivity index (χ2v) is 4.44. The molecule has 1 amide bonds. The van der Waals surface area contributed by atoms with Crippen molar-refractivity contribution in [1.29, 1.82) is 0 Å². The number of nitrogens with one attached hydrogen (secondary N) is 2. The van der Waals surface area contributed by atoms with Crippen molar-refractivity contribution in [2.24, 2.45) is 0 Å². The summed E-state index contributed by atoms with van der Waals surface area (Å²) in [5.41, 5.74) is 1.14. The Bertz CT molecular complexity index is 385. The lowest BCUT2D eigenvalue weighted by Crippen LogP contribution is -2.33. The first-order valence-corrected chi connectivity index (χ1v) is 6.85. The van der Waals surface area contributed by atoms with Gasteiger partial charge in [-0.2, -0.15) is 0 Å². The molecule has 0 saturated carbocycles. The summed E-state index contributed by atoms with van der Waals surface area (Å²) in [5.74, 6) is 0.912. The smallest absolute Gasteiger partial charge is 0.220 e. The van der Waals surface area contributed by atoms with E-state index in [0.717, 1.165) is 30.8 Å². The van der Waals surface area contributed by atoms with Crippen molar-refractivity contribution < 1.29 is 14.3 Å². The number of amides is 1. The zero-order valence-corrected chi connectivity index (χ0v) is 13.5. The Labute approximate surface area is 132 Å². The van der Waals surface area contributed by atoms with Gasteiger partial charge >= 0.3 is 0 Å². The third-order valence-corrected chi connectivity index (χ3v) is 2.91. The van der Waals surface area contributed by atoms with Crippen LogP contribution in [0.15, 0.2) is 24.3 Å². The average Bonchev–Trinajstić information content (AvgIpc) is 2.49. The molecule has 0 aliphatic heterocycles. The molecule has 0 saturated heterocycles. The van der Waals surface area contributed by atoms with Gasteiger partial charge in [0.05, 0.1) is 13.7 Å². The van der Waals surface area contributed by atoms with Gasteiger partial charge in [-0.3, -0.25) is 4.79 Å². The normalized spacial score (nSPS) is 9.81. The van der Waals surface area contributed by atoms with Crippen LogP contribution in [-0.4, -0.2) is 46.4 Å². The Balaban J connectivity index is 0.00000400. The van der Waals surface area contributed by atoms with Gasteiger partial charge < -0.3 is 20.1 Å². The third kappa shape index (κ3) is 9.28. The Morgan fingerprint density at radius 2 is 1.81 bits per heavy atom. The average molecular weight is 317 g/mol. The number of benzene rings is 1. The number of rotatable bonds is 10. The molecule has 2 N–H and O–H groups in total. The molecule has 0 radical (unpaired) electrons. The summed E-state index contributed by atoms with van der Waals surface area (Å²) in [4.78, 5) is 11.6. The Kier molecular flexibility index (Phi) is 11.7. The molecule has 120 valence electrons. The van der Waals surface area contributed by atoms with Crippen molar-refractivity contribution in [3.63, 3.8) is 0 Å². The van der Waals surface area contributed by atoms with Crippen molar-refractivity contribution in [3.05, 3.63) is 29.8 Å². The maximum absolute atomic E-state index is 11.6. The molecule has 0 bridgehead atoms. The standard InChI is InChI=1S/C15H24N2O3.ClH/c1-19-12-11-16-9-10-17-15(18)8-5-13-3-6-14(20-2)7-4-13;/h3-4,6-7,16H,5,8-12H2,1-2H3,(H,17,18);1H. The van der Waals surface area contributed by atoms with E-state index in [1.54, 1.807) is 14.2 Å². The highest BCUT2D eigenvalue weighted by Crippen LogP contribution is 2.12. The van der Waals surface area contributed by atoms with Crippen LogP contribution in [0.2, 0.25) is 0 Å². The largest absolute Gasteiger partial charge is 0.497 e. The summed E-state index contributed by atoms with van der Waals surface area (Å²) in [6, 6.07) is 7.79. The van der Waals surface area contributed by atoms with E-state index in [0.29, 0.717) is 19.6 Å². The molecule has 1 rings (SSSR count). The van der Waals surface area contributed by atoms with Crippen LogP contribution in [0.3, 0.4) is 0 Å². The summed E-state index contributed by atoms with van der Waals surface area (Å²) in [6.07, 6.45) is 1.25. The minimum absolute atomic E-state index is 0. The van der Waals surface area contributed by atoms with E-state index in [1.165, 1.54) is 0 Å². The molecule has 5 nitrogen and oxygen atoms in total. The number of methoxy groups -OCH3 is 2. The first-order valence-electron chi connectivity index (χ1n) is 6.85. The molecule has 0 spiro atoms. The number of hydrogen-bond donors (Lipinski definition) is 2. The molecule has 0 aliphatic rings. The maximum Gasteiger partial charge on any atom is 0.220 e. The highest BCUT2D eigenvalue weighted by atomic mass is 35.5. The zero-order valence-electron chi connectivity index (χ0n) is 12.7. The molecule has 1 aromatic carbocycles. The fraction of sp³-hybridized carbons (Fsp3) is 0.533. The van der Waals surface area contributed by atoms with Crippen LogP contribution in [0.4, 0.5) is 0 Å². The summed E-state index contributed by atoms with van der Waals surface area (Å²) in [5, 5.41) is 6.06. The van der Waals surface area contributed by atoms with Gasteiger partial charge in [0.15, 0.2) is 0 Å². The Morgan fingerprint density at radius 3 is 2.43 bits per heavy atom. The van der Waals surface area contributed by atoms with Crippen molar-refractivity contribution in [1.82, 2.24) is 10.6 Å². The van der Waals surface area contributed by atoms with E-state index in [1.807, 2.05) is 24.3 Å². The number of carbonyl (C=O) groups is 1. The minimum Gasteiger partial charge on any atom is -0.497 e. The van der Waals surface area contributed by atoms with Gasteiger partial charge in [0.1, 0.15) is 5.75 Å². The predicted molar refractivity (Wildman–Crippen MR) is 86.3 cm³/mol. The lowest BCUT2D eigenvalue weighted by Gasteiger charge is -2.07. The number of aryl methyl sites for hydroxylation is 1. The maximum atomic E-state index is 11.6. The molecule has 0 unspecified atom stereocenters. The van der Waals surface area contributed by atoms with Gasteiger partial charge in [0, 0.05) is 33.2 Å². The van der Waals surface area contributed by atoms with E-state index in [-0.39, 0.29) is 18.3 Å². The number of hydrogen-bond acceptors (Lipinski definition) is 4. The van der Waals surface area contributed by atoms with Crippen LogP contribution >= 0.6 is 12.4 Å². The molecular formula is C15H25ClN2O3. The number of ether oxygens (including phenoxy) is 2. The molecule has 6 heteroatoms. The third-order valence-electron chi connectivity index (χ3n) is 2.91. The van der Waals surface area contributed by atoms with Crippen LogP contribution in [0.25, 0.3) is 0 Å². The SMILES string of the molecule is COCCNCCNC(=O)CCc1ccc(OC)cc1.Cl. The van der Waals surface area contributed by atoms with Gasteiger partial charge in [-0.25, -0.2) is 0 Å². The number of halogens is 1. The van der Waals surface area contributed by atoms with Crippen LogP contribution in [0.1, 0.15) is 12.0 Å². The van der Waals surface area contributed by atoms with Crippen LogP contribution in [0, 0.1) is 0 Å². The highest BCUT2D eigenvalue weighted by Gasteiger charge is 2.02. The van der Waals surface area contributed by atoms with Crippen LogP contribution in [-0.2, 0) is 16.0 Å². The second kappa shape index (κ2) is 12.4. The van der Waals surface area contributed by atoms with E-state index >= 15 is 0 Å². The van der Waals surface area contributed by atoms with E-state index in [2.05, 4.69) is 10.6 Å². The van der Waals surface area contributed by atoms with E-state index in [9.17, 15) is 4.79 Å². The molecule has 0 heterocycles. The summed E-state index contributed by atoms with van der Waals surface area (Å²) in [6.45, 7) is 2.90. The first-order chi connectivity index (χ1) is 9.76. The van der Waals surface area contributed by atoms with Gasteiger partial charge in [-0.05, 0) is 24.1 Å². The van der Waals surface area contributed by atoms with Crippen LogP contribution < -0.4 is 15.4 Å². The van der Waals surface area contributed by atoms with E-state index in [4.69, 9.17) is 9.47 Å². The van der Waals surface area contributed by atoms with Crippen molar-refractivity contribution >= 4 is 18.3 Å². The van der Waals surface area contributed by atoms with Crippen molar-refractivity contribution in [3.8, 4) is 5.75 Å². The molecule has 21 heavy (non-hydrogen) atoms. The molecule has 0 fully saturated rings. The molecule has 1 aromatic rings. The quantitative estimate of drug-likeness (QED) is 0.641. The fourth-order valence-electron chi connectivity index (χ4n) is 1.73. The van der Waals surface area contributed by atoms with Gasteiger partial charge in [-0.15, -0.1) is 12.4 Å². The monoisotopic (exact) mass is 316 g/mol. The lowest BCUT2D eigenvalue weighted by atomic mass is 10.1. The van der Waals surface area contributed by atoms with Gasteiger partial charge in [0.25, 0.3) is 0 Å². The minimum atomic E-state index is 0. The lowest BCUT2D eigenvalue weighted by molar-refractivity contribution is -0.121.